The van der Waals surface area contributed by atoms with Gasteiger partial charge in [0.2, 0.25) is 0 Å². The molecule has 2 heterocycles. The van der Waals surface area contributed by atoms with E-state index in [1.807, 2.05) is 12.3 Å². The molecule has 2 aromatic rings. The van der Waals surface area contributed by atoms with Gasteiger partial charge in [0.15, 0.2) is 0 Å². The maximum absolute atomic E-state index is 4.53. The van der Waals surface area contributed by atoms with Crippen molar-refractivity contribution in [2.45, 2.75) is 25.7 Å². The Bertz CT molecular complexity index is 518. The molecule has 3 nitrogen and oxygen atoms in total. The zero-order valence-corrected chi connectivity index (χ0v) is 11.4. The Morgan fingerprint density at radius 2 is 2.11 bits per heavy atom. The topological polar surface area (TPSA) is 29.9 Å². The minimum atomic E-state index is 0.619. The Morgan fingerprint density at radius 1 is 1.26 bits per heavy atom. The van der Waals surface area contributed by atoms with Gasteiger partial charge < -0.3 is 5.32 Å². The summed E-state index contributed by atoms with van der Waals surface area (Å²) in [6.45, 7) is 4.52. The Balaban J connectivity index is 1.95. The van der Waals surface area contributed by atoms with E-state index in [0.717, 1.165) is 18.8 Å². The molecule has 0 spiro atoms. The highest BCUT2D eigenvalue weighted by Gasteiger charge is 2.27. The van der Waals surface area contributed by atoms with E-state index in [1.54, 1.807) is 0 Å². The molecule has 0 saturated carbocycles. The molecule has 3 heteroatoms. The van der Waals surface area contributed by atoms with Gasteiger partial charge >= 0.3 is 0 Å². The van der Waals surface area contributed by atoms with Crippen LogP contribution in [0.25, 0.3) is 5.69 Å². The van der Waals surface area contributed by atoms with Crippen molar-refractivity contribution in [1.29, 1.82) is 0 Å². The predicted octanol–water partition coefficient (Wildman–Crippen LogP) is 2.98. The Hall–Kier alpha value is -1.61. The second-order valence-electron chi connectivity index (χ2n) is 5.27. The highest BCUT2D eigenvalue weighted by molar-refractivity contribution is 5.33. The molecule has 0 aliphatic carbocycles. The minimum absolute atomic E-state index is 0.619. The molecule has 1 aromatic heterocycles. The Kier molecular flexibility index (Phi) is 3.65. The molecule has 1 fully saturated rings. The number of hydrogen-bond donors (Lipinski definition) is 1. The summed E-state index contributed by atoms with van der Waals surface area (Å²) in [4.78, 5) is 0. The third-order valence-corrected chi connectivity index (χ3v) is 4.18. The summed E-state index contributed by atoms with van der Waals surface area (Å²) in [5.74, 6) is 1.34. The summed E-state index contributed by atoms with van der Waals surface area (Å²) in [5.41, 5.74) is 2.52. The summed E-state index contributed by atoms with van der Waals surface area (Å²) in [5, 5.41) is 8.03. The lowest BCUT2D eigenvalue weighted by molar-refractivity contribution is 0.309. The Labute approximate surface area is 114 Å². The molecule has 3 rings (SSSR count). The Morgan fingerprint density at radius 3 is 2.89 bits per heavy atom. The summed E-state index contributed by atoms with van der Waals surface area (Å²) in [6, 6.07) is 12.6. The van der Waals surface area contributed by atoms with Crippen molar-refractivity contribution < 1.29 is 0 Å². The van der Waals surface area contributed by atoms with Gasteiger partial charge in [0.05, 0.1) is 5.69 Å². The van der Waals surface area contributed by atoms with Gasteiger partial charge in [-0.25, -0.2) is 4.68 Å². The van der Waals surface area contributed by atoms with E-state index in [1.165, 1.54) is 18.5 Å². The number of rotatable bonds is 3. The molecule has 1 aliphatic heterocycles. The SMILES string of the molecule is CCC1CNCCC1c1ccnn1-c1ccccc1. The first kappa shape index (κ1) is 12.4. The zero-order valence-electron chi connectivity index (χ0n) is 11.4. The van der Waals surface area contributed by atoms with Crippen LogP contribution in [-0.2, 0) is 0 Å². The zero-order chi connectivity index (χ0) is 13.1. The van der Waals surface area contributed by atoms with Gasteiger partial charge in [0.25, 0.3) is 0 Å². The van der Waals surface area contributed by atoms with Crippen LogP contribution in [0.2, 0.25) is 0 Å². The molecule has 0 amide bonds. The molecular weight excluding hydrogens is 234 g/mol. The van der Waals surface area contributed by atoms with Crippen molar-refractivity contribution >= 4 is 0 Å². The van der Waals surface area contributed by atoms with Crippen LogP contribution in [0.15, 0.2) is 42.6 Å². The normalized spacial score (nSPS) is 23.4. The van der Waals surface area contributed by atoms with Crippen LogP contribution >= 0.6 is 0 Å². The molecule has 1 N–H and O–H groups in total. The summed E-state index contributed by atoms with van der Waals surface area (Å²) < 4.78 is 2.11. The molecule has 1 aliphatic rings. The van der Waals surface area contributed by atoms with Crippen molar-refractivity contribution in [2.75, 3.05) is 13.1 Å². The second-order valence-corrected chi connectivity index (χ2v) is 5.27. The largest absolute Gasteiger partial charge is 0.316 e. The number of benzene rings is 1. The van der Waals surface area contributed by atoms with Crippen LogP contribution < -0.4 is 5.32 Å². The maximum Gasteiger partial charge on any atom is 0.0648 e. The standard InChI is InChI=1S/C16H21N3/c1-2-13-12-17-10-8-15(13)16-9-11-18-19(16)14-6-4-3-5-7-14/h3-7,9,11,13,15,17H,2,8,10,12H2,1H3. The molecule has 1 aromatic carbocycles. The number of nitrogens with one attached hydrogen (secondary N) is 1. The van der Waals surface area contributed by atoms with Crippen molar-refractivity contribution in [3.63, 3.8) is 0 Å². The van der Waals surface area contributed by atoms with Gasteiger partial charge in [-0.15, -0.1) is 0 Å². The number of para-hydroxylation sites is 1. The number of piperidine rings is 1. The van der Waals surface area contributed by atoms with Crippen LogP contribution in [0.3, 0.4) is 0 Å². The molecule has 2 atom stereocenters. The number of aromatic nitrogens is 2. The van der Waals surface area contributed by atoms with Gasteiger partial charge in [-0.05, 0) is 43.6 Å². The lowest BCUT2D eigenvalue weighted by Gasteiger charge is -2.31. The fraction of sp³-hybridized carbons (Fsp3) is 0.438. The molecular formula is C16H21N3. The number of hydrogen-bond acceptors (Lipinski definition) is 2. The fourth-order valence-corrected chi connectivity index (χ4v) is 3.12. The lowest BCUT2D eigenvalue weighted by atomic mass is 9.82. The smallest absolute Gasteiger partial charge is 0.0648 e. The summed E-state index contributed by atoms with van der Waals surface area (Å²) >= 11 is 0. The first-order valence-electron chi connectivity index (χ1n) is 7.20. The van der Waals surface area contributed by atoms with Crippen LogP contribution in [0.1, 0.15) is 31.4 Å². The second kappa shape index (κ2) is 5.57. The van der Waals surface area contributed by atoms with Gasteiger partial charge in [-0.1, -0.05) is 31.5 Å². The van der Waals surface area contributed by atoms with Crippen LogP contribution in [0, 0.1) is 5.92 Å². The van der Waals surface area contributed by atoms with Crippen molar-refractivity contribution in [3.8, 4) is 5.69 Å². The van der Waals surface area contributed by atoms with Gasteiger partial charge in [0, 0.05) is 17.8 Å². The van der Waals surface area contributed by atoms with Crippen molar-refractivity contribution in [2.24, 2.45) is 5.92 Å². The predicted molar refractivity (Wildman–Crippen MR) is 77.6 cm³/mol. The summed E-state index contributed by atoms with van der Waals surface area (Å²) in [7, 11) is 0. The van der Waals surface area contributed by atoms with Gasteiger partial charge in [-0.2, -0.15) is 5.10 Å². The fourth-order valence-electron chi connectivity index (χ4n) is 3.12. The molecule has 19 heavy (non-hydrogen) atoms. The third-order valence-electron chi connectivity index (χ3n) is 4.18. The van der Waals surface area contributed by atoms with E-state index in [-0.39, 0.29) is 0 Å². The molecule has 0 bridgehead atoms. The van der Waals surface area contributed by atoms with Gasteiger partial charge in [-0.3, -0.25) is 0 Å². The number of nitrogens with zero attached hydrogens (tertiary/aromatic N) is 2. The van der Waals surface area contributed by atoms with Crippen LogP contribution in [0.5, 0.6) is 0 Å². The van der Waals surface area contributed by atoms with Crippen LogP contribution in [-0.4, -0.2) is 22.9 Å². The first-order chi connectivity index (χ1) is 9.40. The minimum Gasteiger partial charge on any atom is -0.316 e. The van der Waals surface area contributed by atoms with E-state index in [2.05, 4.69) is 52.4 Å². The quantitative estimate of drug-likeness (QED) is 0.913. The highest BCUT2D eigenvalue weighted by Crippen LogP contribution is 2.33. The lowest BCUT2D eigenvalue weighted by Crippen LogP contribution is -2.35. The van der Waals surface area contributed by atoms with E-state index in [4.69, 9.17) is 0 Å². The third kappa shape index (κ3) is 2.43. The average molecular weight is 255 g/mol. The molecule has 0 radical (unpaired) electrons. The average Bonchev–Trinajstić information content (AvgIpc) is 2.97. The van der Waals surface area contributed by atoms with E-state index >= 15 is 0 Å². The van der Waals surface area contributed by atoms with E-state index in [9.17, 15) is 0 Å². The molecule has 1 saturated heterocycles. The molecule has 2 unspecified atom stereocenters. The van der Waals surface area contributed by atoms with E-state index in [0.29, 0.717) is 11.8 Å². The monoisotopic (exact) mass is 255 g/mol. The van der Waals surface area contributed by atoms with E-state index < -0.39 is 0 Å². The first-order valence-corrected chi connectivity index (χ1v) is 7.20. The molecule has 100 valence electrons. The van der Waals surface area contributed by atoms with Crippen LogP contribution in [0.4, 0.5) is 0 Å². The maximum atomic E-state index is 4.53. The highest BCUT2D eigenvalue weighted by atomic mass is 15.3. The van der Waals surface area contributed by atoms with Gasteiger partial charge in [0.1, 0.15) is 0 Å². The van der Waals surface area contributed by atoms with Crippen molar-refractivity contribution in [3.05, 3.63) is 48.3 Å². The summed E-state index contributed by atoms with van der Waals surface area (Å²) in [6.07, 6.45) is 4.35. The van der Waals surface area contributed by atoms with Crippen molar-refractivity contribution in [1.82, 2.24) is 15.1 Å².